The van der Waals surface area contributed by atoms with Crippen molar-refractivity contribution in [3.05, 3.63) is 64.1 Å². The summed E-state index contributed by atoms with van der Waals surface area (Å²) in [6, 6.07) is 11.5. The second-order valence-electron chi connectivity index (χ2n) is 5.05. The van der Waals surface area contributed by atoms with Gasteiger partial charge in [0, 0.05) is 19.3 Å². The highest BCUT2D eigenvalue weighted by Gasteiger charge is 2.04. The van der Waals surface area contributed by atoms with Crippen molar-refractivity contribution in [1.29, 1.82) is 0 Å². The third kappa shape index (κ3) is 4.72. The third-order valence-corrected chi connectivity index (χ3v) is 3.24. The van der Waals surface area contributed by atoms with E-state index >= 15 is 0 Å². The average molecular weight is 302 g/mol. The van der Waals surface area contributed by atoms with Gasteiger partial charge < -0.3 is 19.8 Å². The smallest absolute Gasteiger partial charge is 0.292 e. The fraction of sp³-hybridized carbons (Fsp3) is 0.353. The molecule has 2 aromatic rings. The summed E-state index contributed by atoms with van der Waals surface area (Å²) in [4.78, 5) is 12.3. The lowest BCUT2D eigenvalue weighted by molar-refractivity contribution is 0.132. The Balaban J connectivity index is 1.96. The van der Waals surface area contributed by atoms with Gasteiger partial charge in [0.2, 0.25) is 0 Å². The molecular formula is C17H22N2O3. The summed E-state index contributed by atoms with van der Waals surface area (Å²) in [7, 11) is 0. The molecule has 0 bridgehead atoms. The van der Waals surface area contributed by atoms with Gasteiger partial charge in [-0.05, 0) is 24.6 Å². The number of nitrogens with two attached hydrogens (primary N) is 1. The molecule has 0 unspecified atom stereocenters. The fourth-order valence-electron chi connectivity index (χ4n) is 1.99. The molecule has 0 aliphatic heterocycles. The summed E-state index contributed by atoms with van der Waals surface area (Å²) in [6.45, 7) is 4.34. The van der Waals surface area contributed by atoms with Gasteiger partial charge in [-0.1, -0.05) is 29.8 Å². The van der Waals surface area contributed by atoms with Crippen LogP contribution in [0.4, 0.5) is 0 Å². The van der Waals surface area contributed by atoms with Crippen LogP contribution in [0.25, 0.3) is 0 Å². The predicted molar refractivity (Wildman–Crippen MR) is 86.1 cm³/mol. The number of aromatic nitrogens is 1. The van der Waals surface area contributed by atoms with Gasteiger partial charge >= 0.3 is 0 Å². The van der Waals surface area contributed by atoms with Gasteiger partial charge in [-0.2, -0.15) is 0 Å². The zero-order valence-corrected chi connectivity index (χ0v) is 12.8. The van der Waals surface area contributed by atoms with E-state index in [0.29, 0.717) is 38.7 Å². The number of nitrogens with zero attached hydrogens (tertiary/aromatic N) is 1. The first-order chi connectivity index (χ1) is 10.7. The zero-order chi connectivity index (χ0) is 15.8. The molecule has 0 amide bonds. The van der Waals surface area contributed by atoms with Gasteiger partial charge in [-0.15, -0.1) is 0 Å². The molecule has 2 N–H and O–H groups in total. The Morgan fingerprint density at radius 1 is 1.14 bits per heavy atom. The van der Waals surface area contributed by atoms with E-state index in [4.69, 9.17) is 15.2 Å². The Morgan fingerprint density at radius 2 is 1.91 bits per heavy atom. The van der Waals surface area contributed by atoms with E-state index in [1.807, 2.05) is 31.2 Å². The first-order valence-corrected chi connectivity index (χ1v) is 7.36. The van der Waals surface area contributed by atoms with E-state index in [1.165, 1.54) is 5.56 Å². The molecule has 0 spiro atoms. The first kappa shape index (κ1) is 16.3. The van der Waals surface area contributed by atoms with Crippen LogP contribution in [-0.4, -0.2) is 24.3 Å². The van der Waals surface area contributed by atoms with Crippen LogP contribution in [0.2, 0.25) is 0 Å². The highest BCUT2D eigenvalue weighted by molar-refractivity contribution is 5.22. The van der Waals surface area contributed by atoms with Crippen molar-refractivity contribution in [3.8, 4) is 5.75 Å². The molecule has 0 radical (unpaired) electrons. The zero-order valence-electron chi connectivity index (χ0n) is 12.8. The molecule has 0 saturated carbocycles. The van der Waals surface area contributed by atoms with Crippen LogP contribution in [-0.2, 0) is 17.9 Å². The minimum absolute atomic E-state index is 0.147. The maximum atomic E-state index is 12.3. The van der Waals surface area contributed by atoms with Crippen LogP contribution < -0.4 is 16.0 Å². The third-order valence-electron chi connectivity index (χ3n) is 3.24. The van der Waals surface area contributed by atoms with Crippen molar-refractivity contribution < 1.29 is 9.47 Å². The second kappa shape index (κ2) is 8.36. The standard InChI is InChI=1S/C17H22N2O3/c1-14-4-6-15(7-5-14)13-22-16-3-2-9-19(17(16)20)10-12-21-11-8-18/h2-7,9H,8,10-13,18H2,1H3. The highest BCUT2D eigenvalue weighted by Crippen LogP contribution is 2.08. The van der Waals surface area contributed by atoms with Crippen molar-refractivity contribution in [2.75, 3.05) is 19.8 Å². The van der Waals surface area contributed by atoms with Crippen molar-refractivity contribution in [1.82, 2.24) is 4.57 Å². The molecule has 0 atom stereocenters. The van der Waals surface area contributed by atoms with Crippen LogP contribution in [0.5, 0.6) is 5.75 Å². The normalized spacial score (nSPS) is 10.6. The van der Waals surface area contributed by atoms with Crippen LogP contribution in [0, 0.1) is 6.92 Å². The Hall–Kier alpha value is -2.11. The minimum atomic E-state index is -0.147. The number of hydrogen-bond donors (Lipinski definition) is 1. The van der Waals surface area contributed by atoms with Crippen molar-refractivity contribution >= 4 is 0 Å². The minimum Gasteiger partial charge on any atom is -0.483 e. The largest absolute Gasteiger partial charge is 0.483 e. The lowest BCUT2D eigenvalue weighted by atomic mass is 10.2. The van der Waals surface area contributed by atoms with Gasteiger partial charge in [0.05, 0.1) is 13.2 Å². The van der Waals surface area contributed by atoms with Gasteiger partial charge in [-0.25, -0.2) is 0 Å². The van der Waals surface area contributed by atoms with E-state index in [9.17, 15) is 4.79 Å². The lowest BCUT2D eigenvalue weighted by Crippen LogP contribution is -2.23. The number of aryl methyl sites for hydroxylation is 1. The summed E-state index contributed by atoms with van der Waals surface area (Å²) in [6.07, 6.45) is 1.73. The van der Waals surface area contributed by atoms with E-state index in [0.717, 1.165) is 5.56 Å². The van der Waals surface area contributed by atoms with Gasteiger partial charge in [0.1, 0.15) is 6.61 Å². The molecule has 0 aliphatic carbocycles. The molecule has 1 heterocycles. The van der Waals surface area contributed by atoms with Crippen LogP contribution >= 0.6 is 0 Å². The SMILES string of the molecule is Cc1ccc(COc2cccn(CCOCCN)c2=O)cc1. The summed E-state index contributed by atoms with van der Waals surface area (Å²) in [5, 5.41) is 0. The topological polar surface area (TPSA) is 66.5 Å². The number of pyridine rings is 1. The summed E-state index contributed by atoms with van der Waals surface area (Å²) in [5.41, 5.74) is 7.44. The van der Waals surface area contributed by atoms with Crippen LogP contribution in [0.15, 0.2) is 47.4 Å². The Labute approximate surface area is 130 Å². The van der Waals surface area contributed by atoms with Gasteiger partial charge in [0.15, 0.2) is 5.75 Å². The van der Waals surface area contributed by atoms with Gasteiger partial charge in [0.25, 0.3) is 5.56 Å². The molecule has 5 nitrogen and oxygen atoms in total. The quantitative estimate of drug-likeness (QED) is 0.754. The molecule has 22 heavy (non-hydrogen) atoms. The van der Waals surface area contributed by atoms with Crippen LogP contribution in [0.1, 0.15) is 11.1 Å². The number of benzene rings is 1. The Morgan fingerprint density at radius 3 is 2.64 bits per heavy atom. The maximum absolute atomic E-state index is 12.3. The van der Waals surface area contributed by atoms with Gasteiger partial charge in [-0.3, -0.25) is 4.79 Å². The number of hydrogen-bond acceptors (Lipinski definition) is 4. The van der Waals surface area contributed by atoms with Crippen molar-refractivity contribution in [2.24, 2.45) is 5.73 Å². The summed E-state index contributed by atoms with van der Waals surface area (Å²) < 4.78 is 12.5. The molecule has 1 aromatic heterocycles. The highest BCUT2D eigenvalue weighted by atomic mass is 16.5. The van der Waals surface area contributed by atoms with E-state index in [2.05, 4.69) is 0 Å². The lowest BCUT2D eigenvalue weighted by Gasteiger charge is -2.10. The maximum Gasteiger partial charge on any atom is 0.292 e. The van der Waals surface area contributed by atoms with Crippen molar-refractivity contribution in [3.63, 3.8) is 0 Å². The molecule has 0 saturated heterocycles. The summed E-state index contributed by atoms with van der Waals surface area (Å²) >= 11 is 0. The second-order valence-corrected chi connectivity index (χ2v) is 5.05. The molecule has 0 fully saturated rings. The molecular weight excluding hydrogens is 280 g/mol. The van der Waals surface area contributed by atoms with Crippen LogP contribution in [0.3, 0.4) is 0 Å². The summed E-state index contributed by atoms with van der Waals surface area (Å²) in [5.74, 6) is 0.349. The molecule has 2 rings (SSSR count). The Kier molecular flexibility index (Phi) is 6.18. The molecule has 5 heteroatoms. The molecule has 0 aliphatic rings. The fourth-order valence-corrected chi connectivity index (χ4v) is 1.99. The molecule has 118 valence electrons. The van der Waals surface area contributed by atoms with E-state index in [-0.39, 0.29) is 5.56 Å². The van der Waals surface area contributed by atoms with Crippen molar-refractivity contribution in [2.45, 2.75) is 20.1 Å². The molecule has 1 aromatic carbocycles. The predicted octanol–water partition coefficient (Wildman–Crippen LogP) is 1.71. The monoisotopic (exact) mass is 302 g/mol. The average Bonchev–Trinajstić information content (AvgIpc) is 2.53. The Bertz CT molecular complexity index is 635. The first-order valence-electron chi connectivity index (χ1n) is 7.36. The number of rotatable bonds is 8. The number of ether oxygens (including phenoxy) is 2. The van der Waals surface area contributed by atoms with E-state index < -0.39 is 0 Å². The van der Waals surface area contributed by atoms with E-state index in [1.54, 1.807) is 22.9 Å².